The van der Waals surface area contributed by atoms with E-state index in [4.69, 9.17) is 5.11 Å². The van der Waals surface area contributed by atoms with E-state index in [0.717, 1.165) is 12.8 Å². The Morgan fingerprint density at radius 3 is 2.43 bits per heavy atom. The average Bonchev–Trinajstić information content (AvgIpc) is 2.40. The van der Waals surface area contributed by atoms with Gasteiger partial charge in [0.2, 0.25) is 0 Å². The number of carbonyl (C=O) groups excluding carboxylic acids is 1. The monoisotopic (exact) mass is 292 g/mol. The molecule has 114 valence electrons. The molecule has 1 fully saturated rings. The molecule has 0 atom stereocenters. The van der Waals surface area contributed by atoms with Crippen molar-refractivity contribution >= 4 is 17.7 Å². The molecule has 0 bridgehead atoms. The van der Waals surface area contributed by atoms with Crippen LogP contribution in [0.2, 0.25) is 0 Å². The van der Waals surface area contributed by atoms with Crippen molar-refractivity contribution in [2.45, 2.75) is 26.7 Å². The maximum absolute atomic E-state index is 12.1. The molecule has 3 N–H and O–H groups in total. The number of phenols is 1. The lowest BCUT2D eigenvalue weighted by molar-refractivity contribution is 0.0693. The van der Waals surface area contributed by atoms with Crippen LogP contribution in [0.3, 0.4) is 0 Å². The zero-order valence-corrected chi connectivity index (χ0v) is 12.2. The number of piperidine rings is 1. The highest BCUT2D eigenvalue weighted by Gasteiger charge is 2.27. The molecule has 0 spiro atoms. The molecule has 21 heavy (non-hydrogen) atoms. The number of aromatic hydroxyl groups is 1. The fourth-order valence-electron chi connectivity index (χ4n) is 2.30. The fourth-order valence-corrected chi connectivity index (χ4v) is 2.30. The molecule has 0 aromatic heterocycles. The van der Waals surface area contributed by atoms with Gasteiger partial charge in [-0.3, -0.25) is 0 Å². The Kier molecular flexibility index (Phi) is 4.06. The van der Waals surface area contributed by atoms with E-state index < -0.39 is 5.97 Å². The molecule has 2 rings (SSSR count). The third kappa shape index (κ3) is 3.65. The summed E-state index contributed by atoms with van der Waals surface area (Å²) in [5, 5.41) is 21.1. The summed E-state index contributed by atoms with van der Waals surface area (Å²) in [7, 11) is 0. The van der Waals surface area contributed by atoms with Crippen LogP contribution < -0.4 is 5.32 Å². The standard InChI is InChI=1S/C15H20N2O4/c1-15(2)5-7-17(8-6-15)14(21)16-10-3-4-12(18)11(9-10)13(19)20/h3-4,9,18H,5-8H2,1-2H3,(H,16,21)(H,19,20). The number of carboxylic acids is 1. The van der Waals surface area contributed by atoms with Crippen molar-refractivity contribution in [2.24, 2.45) is 5.41 Å². The maximum atomic E-state index is 12.1. The lowest BCUT2D eigenvalue weighted by atomic mass is 9.83. The molecule has 6 heteroatoms. The number of likely N-dealkylation sites (tertiary alicyclic amines) is 1. The van der Waals surface area contributed by atoms with Gasteiger partial charge in [0.15, 0.2) is 0 Å². The van der Waals surface area contributed by atoms with Gasteiger partial charge in [0, 0.05) is 18.8 Å². The minimum Gasteiger partial charge on any atom is -0.507 e. The summed E-state index contributed by atoms with van der Waals surface area (Å²) >= 11 is 0. The fraction of sp³-hybridized carbons (Fsp3) is 0.467. The first-order chi connectivity index (χ1) is 9.78. The molecule has 0 unspecified atom stereocenters. The number of hydrogen-bond acceptors (Lipinski definition) is 3. The van der Waals surface area contributed by atoms with Crippen LogP contribution in [0.5, 0.6) is 5.75 Å². The van der Waals surface area contributed by atoms with Crippen molar-refractivity contribution in [1.29, 1.82) is 0 Å². The van der Waals surface area contributed by atoms with Crippen molar-refractivity contribution < 1.29 is 19.8 Å². The summed E-state index contributed by atoms with van der Waals surface area (Å²) in [4.78, 5) is 24.8. The smallest absolute Gasteiger partial charge is 0.339 e. The van der Waals surface area contributed by atoms with Crippen LogP contribution in [0.1, 0.15) is 37.0 Å². The van der Waals surface area contributed by atoms with Crippen LogP contribution in [0.25, 0.3) is 0 Å². The van der Waals surface area contributed by atoms with Crippen LogP contribution in [0.15, 0.2) is 18.2 Å². The number of hydrogen-bond donors (Lipinski definition) is 3. The summed E-state index contributed by atoms with van der Waals surface area (Å²) in [6.07, 6.45) is 1.88. The molecule has 1 heterocycles. The van der Waals surface area contributed by atoms with E-state index in [-0.39, 0.29) is 22.8 Å². The quantitative estimate of drug-likeness (QED) is 0.731. The summed E-state index contributed by atoms with van der Waals surface area (Å²) in [5.41, 5.74) is 0.388. The van der Waals surface area contributed by atoms with E-state index in [1.165, 1.54) is 18.2 Å². The normalized spacial score (nSPS) is 17.3. The third-order valence-corrected chi connectivity index (χ3v) is 3.88. The summed E-state index contributed by atoms with van der Waals surface area (Å²) in [6, 6.07) is 3.75. The van der Waals surface area contributed by atoms with Crippen LogP contribution in [-0.4, -0.2) is 40.2 Å². The van der Waals surface area contributed by atoms with Crippen molar-refractivity contribution in [2.75, 3.05) is 18.4 Å². The third-order valence-electron chi connectivity index (χ3n) is 3.88. The Morgan fingerprint density at radius 1 is 1.24 bits per heavy atom. The highest BCUT2D eigenvalue weighted by atomic mass is 16.4. The number of anilines is 1. The highest BCUT2D eigenvalue weighted by molar-refractivity contribution is 5.95. The highest BCUT2D eigenvalue weighted by Crippen LogP contribution is 2.30. The van der Waals surface area contributed by atoms with Gasteiger partial charge < -0.3 is 20.4 Å². The molecular weight excluding hydrogens is 272 g/mol. The molecule has 1 aliphatic rings. The van der Waals surface area contributed by atoms with Gasteiger partial charge in [-0.05, 0) is 36.5 Å². The number of urea groups is 1. The zero-order chi connectivity index (χ0) is 15.6. The van der Waals surface area contributed by atoms with Crippen molar-refractivity contribution in [3.8, 4) is 5.75 Å². The second kappa shape index (κ2) is 5.63. The molecule has 0 aliphatic carbocycles. The van der Waals surface area contributed by atoms with Gasteiger partial charge in [-0.1, -0.05) is 13.8 Å². The van der Waals surface area contributed by atoms with E-state index in [1.54, 1.807) is 4.90 Å². The molecule has 0 saturated carbocycles. The predicted octanol–water partition coefficient (Wildman–Crippen LogP) is 2.74. The lowest BCUT2D eigenvalue weighted by Crippen LogP contribution is -2.43. The molecule has 1 saturated heterocycles. The number of carbonyl (C=O) groups is 2. The zero-order valence-electron chi connectivity index (χ0n) is 12.2. The molecule has 6 nitrogen and oxygen atoms in total. The maximum Gasteiger partial charge on any atom is 0.339 e. The van der Waals surface area contributed by atoms with E-state index >= 15 is 0 Å². The van der Waals surface area contributed by atoms with Crippen molar-refractivity contribution in [3.63, 3.8) is 0 Å². The van der Waals surface area contributed by atoms with Crippen LogP contribution in [0, 0.1) is 5.41 Å². The second-order valence-corrected chi connectivity index (χ2v) is 6.12. The van der Waals surface area contributed by atoms with E-state index in [1.807, 2.05) is 0 Å². The predicted molar refractivity (Wildman–Crippen MR) is 78.7 cm³/mol. The van der Waals surface area contributed by atoms with Crippen molar-refractivity contribution in [1.82, 2.24) is 4.90 Å². The Balaban J connectivity index is 2.03. The van der Waals surface area contributed by atoms with Gasteiger partial charge in [0.1, 0.15) is 11.3 Å². The number of aromatic carboxylic acids is 1. The number of nitrogens with zero attached hydrogens (tertiary/aromatic N) is 1. The number of benzene rings is 1. The van der Waals surface area contributed by atoms with E-state index in [2.05, 4.69) is 19.2 Å². The van der Waals surface area contributed by atoms with Crippen molar-refractivity contribution in [3.05, 3.63) is 23.8 Å². The number of rotatable bonds is 2. The molecule has 1 aromatic carbocycles. The molecule has 2 amide bonds. The Bertz CT molecular complexity index is 559. The first-order valence-corrected chi connectivity index (χ1v) is 6.91. The van der Waals surface area contributed by atoms with E-state index in [0.29, 0.717) is 18.8 Å². The minimum absolute atomic E-state index is 0.229. The molecule has 1 aromatic rings. The van der Waals surface area contributed by atoms with Gasteiger partial charge in [-0.2, -0.15) is 0 Å². The Morgan fingerprint density at radius 2 is 1.86 bits per heavy atom. The van der Waals surface area contributed by atoms with Gasteiger partial charge in [-0.15, -0.1) is 0 Å². The van der Waals surface area contributed by atoms with Gasteiger partial charge in [-0.25, -0.2) is 9.59 Å². The Hall–Kier alpha value is -2.24. The van der Waals surface area contributed by atoms with E-state index in [9.17, 15) is 14.7 Å². The second-order valence-electron chi connectivity index (χ2n) is 6.12. The number of carboxylic acid groups (broad SMARTS) is 1. The van der Waals surface area contributed by atoms with Gasteiger partial charge in [0.25, 0.3) is 0 Å². The first kappa shape index (κ1) is 15.2. The number of nitrogens with one attached hydrogen (secondary N) is 1. The van der Waals surface area contributed by atoms with Gasteiger partial charge >= 0.3 is 12.0 Å². The minimum atomic E-state index is -1.23. The van der Waals surface area contributed by atoms with Crippen LogP contribution in [-0.2, 0) is 0 Å². The first-order valence-electron chi connectivity index (χ1n) is 6.91. The summed E-state index contributed by atoms with van der Waals surface area (Å²) in [5.74, 6) is -1.55. The average molecular weight is 292 g/mol. The summed E-state index contributed by atoms with van der Waals surface area (Å²) < 4.78 is 0. The Labute approximate surface area is 123 Å². The molecule has 1 aliphatic heterocycles. The molecular formula is C15H20N2O4. The summed E-state index contributed by atoms with van der Waals surface area (Å²) in [6.45, 7) is 5.73. The lowest BCUT2D eigenvalue weighted by Gasteiger charge is -2.36. The van der Waals surface area contributed by atoms with Crippen LogP contribution in [0.4, 0.5) is 10.5 Å². The molecule has 0 radical (unpaired) electrons. The van der Waals surface area contributed by atoms with Crippen LogP contribution >= 0.6 is 0 Å². The number of amides is 2. The van der Waals surface area contributed by atoms with Gasteiger partial charge in [0.05, 0.1) is 0 Å². The topological polar surface area (TPSA) is 89.9 Å². The SMILES string of the molecule is CC1(C)CCN(C(=O)Nc2ccc(O)c(C(=O)O)c2)CC1. The largest absolute Gasteiger partial charge is 0.507 e.